The monoisotopic (exact) mass is 558 g/mol. The summed E-state index contributed by atoms with van der Waals surface area (Å²) in [5.74, 6) is -0.719. The van der Waals surface area contributed by atoms with Gasteiger partial charge in [0.25, 0.3) is 5.89 Å². The van der Waals surface area contributed by atoms with Crippen molar-refractivity contribution in [3.8, 4) is 6.07 Å². The van der Waals surface area contributed by atoms with Crippen LogP contribution in [0.1, 0.15) is 51.0 Å². The molecule has 13 heteroatoms. The van der Waals surface area contributed by atoms with Crippen LogP contribution in [0.25, 0.3) is 10.9 Å². The Morgan fingerprint density at radius 2 is 1.88 bits per heavy atom. The summed E-state index contributed by atoms with van der Waals surface area (Å²) in [7, 11) is 0. The number of alkyl halides is 4. The lowest BCUT2D eigenvalue weighted by molar-refractivity contribution is -0.187. The molecule has 3 atom stereocenters. The number of nitriles is 1. The van der Waals surface area contributed by atoms with Crippen molar-refractivity contribution >= 4 is 22.7 Å². The highest BCUT2D eigenvalue weighted by molar-refractivity contribution is 5.95. The number of nitrogens with zero attached hydrogens (tertiary/aromatic N) is 6. The number of carbonyl (C=O) groups is 1. The second-order valence-corrected chi connectivity index (χ2v) is 11.9. The highest BCUT2D eigenvalue weighted by atomic mass is 19.4. The predicted molar refractivity (Wildman–Crippen MR) is 133 cm³/mol. The number of amides is 1. The molecule has 1 saturated carbocycles. The first-order valence-electron chi connectivity index (χ1n) is 12.8. The van der Waals surface area contributed by atoms with E-state index in [4.69, 9.17) is 9.15 Å². The molecule has 0 radical (unpaired) electrons. The quantitative estimate of drug-likeness (QED) is 0.413. The number of rotatable bonds is 3. The van der Waals surface area contributed by atoms with Crippen LogP contribution in [0.4, 0.5) is 28.0 Å². The van der Waals surface area contributed by atoms with Crippen molar-refractivity contribution in [2.24, 2.45) is 5.41 Å². The summed E-state index contributed by atoms with van der Waals surface area (Å²) in [5, 5.41) is 17.8. The molecule has 0 N–H and O–H groups in total. The van der Waals surface area contributed by atoms with Crippen molar-refractivity contribution in [1.82, 2.24) is 20.1 Å². The maximum Gasteiger partial charge on any atom is 0.410 e. The molecule has 210 valence electrons. The molecule has 3 aromatic rings. The number of piperidine rings is 1. The van der Waals surface area contributed by atoms with Gasteiger partial charge in [-0.3, -0.25) is 4.98 Å². The van der Waals surface area contributed by atoms with Crippen LogP contribution in [-0.2, 0) is 15.8 Å². The van der Waals surface area contributed by atoms with Gasteiger partial charge in [-0.05, 0) is 51.5 Å². The zero-order valence-electron chi connectivity index (χ0n) is 22.0. The van der Waals surface area contributed by atoms with Crippen molar-refractivity contribution in [1.29, 1.82) is 5.26 Å². The fourth-order valence-corrected chi connectivity index (χ4v) is 6.12. The number of likely N-dealkylation sites (tertiary alicyclic amines) is 1. The minimum atomic E-state index is -4.59. The van der Waals surface area contributed by atoms with Gasteiger partial charge in [0, 0.05) is 43.3 Å². The Hall–Kier alpha value is -3.95. The number of fused-ring (bicyclic) bond motifs is 2. The predicted octanol–water partition coefficient (Wildman–Crippen LogP) is 5.01. The number of carbonyl (C=O) groups excluding carboxylic acids is 1. The molecule has 1 unspecified atom stereocenters. The van der Waals surface area contributed by atoms with E-state index in [2.05, 4.69) is 21.3 Å². The molecule has 40 heavy (non-hydrogen) atoms. The number of halogens is 4. The SMILES string of the molecule is CC(C)(C)OC(=O)N1CCC(F)(c2nnc([C@]34CN(c5ccc(C#N)c6ncccc56)C[C@@]3(C(F)(F)F)C4)o2)C1. The van der Waals surface area contributed by atoms with E-state index in [1.165, 1.54) is 17.2 Å². The Balaban J connectivity index is 1.31. The van der Waals surface area contributed by atoms with Crippen LogP contribution < -0.4 is 4.90 Å². The van der Waals surface area contributed by atoms with Crippen LogP contribution in [0.3, 0.4) is 0 Å². The molecular weight excluding hydrogens is 532 g/mol. The number of hydrogen-bond donors (Lipinski definition) is 0. The standard InChI is InChI=1S/C27H26F4N6O3/c1-23(2,3)40-22(38)36-10-8-25(28,14-36)21-35-34-20(39-21)24-12-26(24,27(29,30)31)15-37(13-24)18-7-6-16(11-32)19-17(18)5-4-9-33-19/h4-7,9H,8,10,12-15H2,1-3H3/t24-,25?,26-/m0/s1. The smallest absolute Gasteiger partial charge is 0.410 e. The van der Waals surface area contributed by atoms with E-state index < -0.39 is 46.8 Å². The lowest BCUT2D eigenvalue weighted by Gasteiger charge is -2.25. The van der Waals surface area contributed by atoms with Gasteiger partial charge >= 0.3 is 12.3 Å². The minimum absolute atomic E-state index is 0.0360. The van der Waals surface area contributed by atoms with Crippen LogP contribution in [0.15, 0.2) is 34.9 Å². The average Bonchev–Trinajstić information content (AvgIpc) is 3.30. The Morgan fingerprint density at radius 3 is 2.58 bits per heavy atom. The highest BCUT2D eigenvalue weighted by Gasteiger charge is 2.86. The molecule has 2 aliphatic heterocycles. The molecule has 3 aliphatic rings. The summed E-state index contributed by atoms with van der Waals surface area (Å²) >= 11 is 0. The first-order chi connectivity index (χ1) is 18.7. The van der Waals surface area contributed by atoms with Crippen molar-refractivity contribution in [3.63, 3.8) is 0 Å². The second-order valence-electron chi connectivity index (χ2n) is 11.9. The van der Waals surface area contributed by atoms with Crippen molar-refractivity contribution in [2.75, 3.05) is 31.1 Å². The summed E-state index contributed by atoms with van der Waals surface area (Å²) in [6, 6.07) is 8.59. The van der Waals surface area contributed by atoms with Gasteiger partial charge in [-0.1, -0.05) is 0 Å². The maximum atomic E-state index is 15.9. The summed E-state index contributed by atoms with van der Waals surface area (Å²) in [4.78, 5) is 19.5. The van der Waals surface area contributed by atoms with E-state index in [-0.39, 0.29) is 38.4 Å². The van der Waals surface area contributed by atoms with Gasteiger partial charge in [0.05, 0.1) is 23.0 Å². The maximum absolute atomic E-state index is 15.9. The van der Waals surface area contributed by atoms with Gasteiger partial charge < -0.3 is 19.0 Å². The van der Waals surface area contributed by atoms with Crippen molar-refractivity contribution in [2.45, 2.75) is 56.5 Å². The van der Waals surface area contributed by atoms with Crippen LogP contribution in [0.5, 0.6) is 0 Å². The fourth-order valence-electron chi connectivity index (χ4n) is 6.12. The molecular formula is C27H26F4N6O3. The normalized spacial score (nSPS) is 28.1. The van der Waals surface area contributed by atoms with Gasteiger partial charge in [0.15, 0.2) is 0 Å². The number of pyridine rings is 1. The van der Waals surface area contributed by atoms with Gasteiger partial charge in [0.1, 0.15) is 17.1 Å². The third kappa shape index (κ3) is 3.79. The summed E-state index contributed by atoms with van der Waals surface area (Å²) in [6.45, 7) is 4.25. The van der Waals surface area contributed by atoms with Gasteiger partial charge in [-0.2, -0.15) is 18.4 Å². The number of anilines is 1. The molecule has 1 aliphatic carbocycles. The number of aromatic nitrogens is 3. The molecule has 0 bridgehead atoms. The van der Waals surface area contributed by atoms with E-state index in [9.17, 15) is 23.2 Å². The molecule has 9 nitrogen and oxygen atoms in total. The molecule has 1 aromatic carbocycles. The highest BCUT2D eigenvalue weighted by Crippen LogP contribution is 2.75. The number of hydrogen-bond acceptors (Lipinski definition) is 8. The van der Waals surface area contributed by atoms with Crippen LogP contribution in [0, 0.1) is 16.7 Å². The molecule has 6 rings (SSSR count). The first-order valence-corrected chi connectivity index (χ1v) is 12.8. The molecule has 3 fully saturated rings. The summed E-state index contributed by atoms with van der Waals surface area (Å²) in [6.07, 6.45) is -4.18. The van der Waals surface area contributed by atoms with Crippen LogP contribution in [-0.4, -0.2) is 64.1 Å². The Kier molecular flexibility index (Phi) is 5.44. The Labute approximate surface area is 226 Å². The molecule has 4 heterocycles. The summed E-state index contributed by atoms with van der Waals surface area (Å²) in [5.41, 5.74) is -5.48. The van der Waals surface area contributed by atoms with Gasteiger partial charge in [0.2, 0.25) is 11.6 Å². The first kappa shape index (κ1) is 26.3. The van der Waals surface area contributed by atoms with Crippen molar-refractivity contribution in [3.05, 3.63) is 47.8 Å². The second kappa shape index (κ2) is 8.28. The third-order valence-electron chi connectivity index (χ3n) is 8.16. The number of benzene rings is 1. The lowest BCUT2D eigenvalue weighted by atomic mass is 9.95. The molecule has 0 spiro atoms. The minimum Gasteiger partial charge on any atom is -0.444 e. The van der Waals surface area contributed by atoms with Gasteiger partial charge in [-0.15, -0.1) is 10.2 Å². The summed E-state index contributed by atoms with van der Waals surface area (Å²) < 4.78 is 70.7. The van der Waals surface area contributed by atoms with E-state index in [1.807, 2.05) is 0 Å². The van der Waals surface area contributed by atoms with E-state index >= 15 is 4.39 Å². The molecule has 1 amide bonds. The van der Waals surface area contributed by atoms with E-state index in [0.717, 1.165) is 0 Å². The Morgan fingerprint density at radius 1 is 1.12 bits per heavy atom. The van der Waals surface area contributed by atoms with Crippen molar-refractivity contribution < 1.29 is 31.5 Å². The van der Waals surface area contributed by atoms with E-state index in [0.29, 0.717) is 22.2 Å². The third-order valence-corrected chi connectivity index (χ3v) is 8.16. The topological polar surface area (TPSA) is 108 Å². The van der Waals surface area contributed by atoms with E-state index in [1.54, 1.807) is 43.9 Å². The molecule has 2 saturated heterocycles. The van der Waals surface area contributed by atoms with Crippen LogP contribution >= 0.6 is 0 Å². The van der Waals surface area contributed by atoms with Gasteiger partial charge in [-0.25, -0.2) is 9.18 Å². The lowest BCUT2D eigenvalue weighted by Crippen LogP contribution is -2.37. The number of ether oxygens (including phenoxy) is 1. The average molecular weight is 559 g/mol. The Bertz CT molecular complexity index is 1560. The fraction of sp³-hybridized carbons (Fsp3) is 0.519. The zero-order valence-corrected chi connectivity index (χ0v) is 22.0. The molecule has 2 aromatic heterocycles. The van der Waals surface area contributed by atoms with Crippen LogP contribution in [0.2, 0.25) is 0 Å². The largest absolute Gasteiger partial charge is 0.444 e. The zero-order chi connectivity index (χ0) is 28.7.